The average molecular weight is 833 g/mol. The normalized spacial score (nSPS) is 10.8. The maximum Gasteiger partial charge on any atom is 4.00 e. The molecule has 0 radical (unpaired) electrons. The quantitative estimate of drug-likeness (QED) is 0.158. The van der Waals surface area contributed by atoms with Crippen molar-refractivity contribution in [1.29, 1.82) is 0 Å². The molecule has 8 aromatic carbocycles. The van der Waals surface area contributed by atoms with Crippen LogP contribution >= 0.6 is 0 Å². The molecule has 2 aromatic heterocycles. The number of fused-ring (bicyclic) bond motifs is 4. The van der Waals surface area contributed by atoms with E-state index < -0.39 is 0 Å². The third kappa shape index (κ3) is 7.94. The van der Waals surface area contributed by atoms with Crippen molar-refractivity contribution < 1.29 is 59.9 Å². The minimum Gasteiger partial charge on any atom is -1.00 e. The van der Waals surface area contributed by atoms with Crippen molar-refractivity contribution >= 4 is 43.1 Å². The second-order valence-corrected chi connectivity index (χ2v) is 13.5. The maximum atomic E-state index is 5.95. The number of aryl methyl sites for hydroxylation is 2. The molecule has 0 N–H and O–H groups in total. The molecule has 10 rings (SSSR count). The van der Waals surface area contributed by atoms with Crippen molar-refractivity contribution in [3.05, 3.63) is 181 Å². The van der Waals surface area contributed by atoms with Crippen molar-refractivity contribution in [3.8, 4) is 44.9 Å². The van der Waals surface area contributed by atoms with Gasteiger partial charge in [0.1, 0.15) is 0 Å². The molecule has 0 saturated heterocycles. The summed E-state index contributed by atoms with van der Waals surface area (Å²) in [6, 6.07) is 60.6. The average Bonchev–Trinajstić information content (AvgIpc) is 4.03. The Morgan fingerprint density at radius 1 is 0.418 bits per heavy atom. The standard InChI is InChI=1S/2C25H19O.2ClH.Zr/c2*1-2-22-12-13-25(26-22)21-15-19-8-5-9-23(24(19)16-21)20-11-10-17-6-3-4-7-18(17)14-20;;;/h2*3-16H,2H2,1H3;2*1H;/q2*-1;;;+4/p-2. The molecule has 268 valence electrons. The number of hydrogen-bond donors (Lipinski definition) is 0. The Balaban J connectivity index is 0.000000177. The second kappa shape index (κ2) is 17.3. The molecule has 5 heteroatoms. The summed E-state index contributed by atoms with van der Waals surface area (Å²) in [4.78, 5) is 0. The summed E-state index contributed by atoms with van der Waals surface area (Å²) in [7, 11) is 0. The summed E-state index contributed by atoms with van der Waals surface area (Å²) < 4.78 is 11.9. The van der Waals surface area contributed by atoms with Gasteiger partial charge >= 0.3 is 26.2 Å². The molecule has 0 aliphatic rings. The van der Waals surface area contributed by atoms with Gasteiger partial charge in [-0.25, -0.2) is 0 Å². The van der Waals surface area contributed by atoms with E-state index in [1.54, 1.807) is 0 Å². The second-order valence-electron chi connectivity index (χ2n) is 13.5. The number of furan rings is 2. The van der Waals surface area contributed by atoms with E-state index in [4.69, 9.17) is 8.83 Å². The number of rotatable bonds is 6. The Hall–Kier alpha value is -4.92. The predicted molar refractivity (Wildman–Crippen MR) is 219 cm³/mol. The van der Waals surface area contributed by atoms with Gasteiger partial charge in [-0.2, -0.15) is 0 Å². The topological polar surface area (TPSA) is 26.3 Å². The van der Waals surface area contributed by atoms with Crippen molar-refractivity contribution in [2.75, 3.05) is 0 Å². The first-order chi connectivity index (χ1) is 25.6. The van der Waals surface area contributed by atoms with Crippen molar-refractivity contribution in [2.24, 2.45) is 0 Å². The Morgan fingerprint density at radius 2 is 0.836 bits per heavy atom. The maximum absolute atomic E-state index is 5.95. The first-order valence-electron chi connectivity index (χ1n) is 18.2. The van der Waals surface area contributed by atoms with E-state index in [-0.39, 0.29) is 51.0 Å². The third-order valence-electron chi connectivity index (χ3n) is 10.2. The molecule has 55 heavy (non-hydrogen) atoms. The van der Waals surface area contributed by atoms with Crippen LogP contribution in [0.2, 0.25) is 0 Å². The molecular formula is C50H38Cl2O2Zr. The zero-order chi connectivity index (χ0) is 35.0. The van der Waals surface area contributed by atoms with Crippen molar-refractivity contribution in [2.45, 2.75) is 26.7 Å². The summed E-state index contributed by atoms with van der Waals surface area (Å²) in [6.45, 7) is 4.23. The molecule has 0 spiro atoms. The fourth-order valence-corrected chi connectivity index (χ4v) is 7.42. The van der Waals surface area contributed by atoms with Gasteiger partial charge in [0.25, 0.3) is 0 Å². The van der Waals surface area contributed by atoms with Crippen LogP contribution in [0.4, 0.5) is 0 Å². The van der Waals surface area contributed by atoms with Gasteiger partial charge in [0.05, 0.1) is 23.0 Å². The number of halogens is 2. The zero-order valence-electron chi connectivity index (χ0n) is 30.7. The summed E-state index contributed by atoms with van der Waals surface area (Å²) >= 11 is 0. The van der Waals surface area contributed by atoms with E-state index in [2.05, 4.69) is 184 Å². The fourth-order valence-electron chi connectivity index (χ4n) is 7.42. The monoisotopic (exact) mass is 830 g/mol. The summed E-state index contributed by atoms with van der Waals surface area (Å²) in [5.41, 5.74) is 7.32. The molecule has 0 bridgehead atoms. The van der Waals surface area contributed by atoms with E-state index in [1.165, 1.54) is 65.3 Å². The van der Waals surface area contributed by atoms with Gasteiger partial charge in [-0.3, -0.25) is 0 Å². The molecule has 0 amide bonds. The minimum atomic E-state index is 0. The SMILES string of the molecule is CCc1ccc(-c2cc3c(-c4ccc5ccccc5c4)cccc3[cH-]2)o1.CCc1ccc(-c2cc3c(-c4ccc5ccccc5c4)cccc3[cH-]2)o1.[Cl-].[Cl-].[Zr+4]. The van der Waals surface area contributed by atoms with Crippen LogP contribution in [-0.2, 0) is 39.0 Å². The van der Waals surface area contributed by atoms with Crippen LogP contribution < -0.4 is 24.8 Å². The van der Waals surface area contributed by atoms with E-state index in [0.29, 0.717) is 0 Å². The third-order valence-corrected chi connectivity index (χ3v) is 10.2. The zero-order valence-corrected chi connectivity index (χ0v) is 34.6. The van der Waals surface area contributed by atoms with E-state index >= 15 is 0 Å². The van der Waals surface area contributed by atoms with E-state index in [9.17, 15) is 0 Å². The van der Waals surface area contributed by atoms with Gasteiger partial charge in [0.15, 0.2) is 0 Å². The molecule has 2 heterocycles. The molecule has 0 aliphatic heterocycles. The summed E-state index contributed by atoms with van der Waals surface area (Å²) in [5.74, 6) is 3.95. The number of benzene rings is 6. The van der Waals surface area contributed by atoms with E-state index in [0.717, 1.165) is 47.0 Å². The van der Waals surface area contributed by atoms with Crippen molar-refractivity contribution in [1.82, 2.24) is 0 Å². The van der Waals surface area contributed by atoms with Gasteiger partial charge < -0.3 is 33.6 Å². The molecule has 0 unspecified atom stereocenters. The predicted octanol–water partition coefficient (Wildman–Crippen LogP) is 8.41. The van der Waals surface area contributed by atoms with E-state index in [1.807, 2.05) is 0 Å². The summed E-state index contributed by atoms with van der Waals surface area (Å²) in [6.07, 6.45) is 1.84. The molecule has 0 atom stereocenters. The van der Waals surface area contributed by atoms with Gasteiger partial charge in [0.2, 0.25) is 0 Å². The Morgan fingerprint density at radius 3 is 1.24 bits per heavy atom. The Bertz CT molecular complexity index is 2650. The van der Waals surface area contributed by atoms with Crippen LogP contribution in [0.5, 0.6) is 0 Å². The van der Waals surface area contributed by atoms with Crippen LogP contribution in [0, 0.1) is 0 Å². The van der Waals surface area contributed by atoms with Crippen LogP contribution in [0.25, 0.3) is 88.0 Å². The van der Waals surface area contributed by atoms with Gasteiger partial charge in [-0.15, -0.1) is 57.9 Å². The smallest absolute Gasteiger partial charge is 1.00 e. The van der Waals surface area contributed by atoms with Crippen LogP contribution in [0.1, 0.15) is 25.4 Å². The van der Waals surface area contributed by atoms with Crippen LogP contribution in [0.3, 0.4) is 0 Å². The Labute approximate surface area is 353 Å². The molecule has 10 aromatic rings. The molecule has 0 aliphatic carbocycles. The molecule has 0 fully saturated rings. The van der Waals surface area contributed by atoms with Gasteiger partial charge in [0, 0.05) is 12.8 Å². The molecule has 2 nitrogen and oxygen atoms in total. The van der Waals surface area contributed by atoms with Crippen LogP contribution in [-0.4, -0.2) is 0 Å². The van der Waals surface area contributed by atoms with Crippen molar-refractivity contribution in [3.63, 3.8) is 0 Å². The summed E-state index contributed by atoms with van der Waals surface area (Å²) in [5, 5.41) is 10.1. The first-order valence-corrected chi connectivity index (χ1v) is 18.2. The number of hydrogen-bond acceptors (Lipinski definition) is 2. The molecule has 0 saturated carbocycles. The largest absolute Gasteiger partial charge is 4.00 e. The Kier molecular flexibility index (Phi) is 12.5. The first kappa shape index (κ1) is 39.8. The minimum absolute atomic E-state index is 0. The molecular weight excluding hydrogens is 795 g/mol. The van der Waals surface area contributed by atoms with Gasteiger partial charge in [-0.1, -0.05) is 133 Å². The fraction of sp³-hybridized carbons (Fsp3) is 0.0800. The van der Waals surface area contributed by atoms with Gasteiger partial charge in [-0.05, 0) is 69.1 Å². The van der Waals surface area contributed by atoms with Crippen LogP contribution in [0.15, 0.2) is 179 Å².